The largest absolute Gasteiger partial charge is 0.342 e. The molecule has 3 saturated heterocycles. The Hall–Kier alpha value is -2.77. The number of anilines is 1. The van der Waals surface area contributed by atoms with Gasteiger partial charge in [-0.2, -0.15) is 0 Å². The summed E-state index contributed by atoms with van der Waals surface area (Å²) >= 11 is 0. The number of nitrogens with one attached hydrogen (secondary N) is 1. The number of urea groups is 2. The molecule has 4 rings (SSSR count). The Labute approximate surface area is 184 Å². The Morgan fingerprint density at radius 2 is 1.68 bits per heavy atom. The van der Waals surface area contributed by atoms with Crippen LogP contribution in [0.1, 0.15) is 26.2 Å². The van der Waals surface area contributed by atoms with Crippen LogP contribution in [0.3, 0.4) is 0 Å². The minimum Gasteiger partial charge on any atom is -0.342 e. The van der Waals surface area contributed by atoms with E-state index in [4.69, 9.17) is 0 Å². The molecule has 0 bridgehead atoms. The average molecular weight is 428 g/mol. The van der Waals surface area contributed by atoms with Crippen LogP contribution in [0.25, 0.3) is 0 Å². The van der Waals surface area contributed by atoms with Gasteiger partial charge in [0.15, 0.2) is 0 Å². The molecule has 1 aromatic carbocycles. The third-order valence-corrected chi connectivity index (χ3v) is 7.54. The topological polar surface area (TPSA) is 76.2 Å². The number of piperidine rings is 1. The van der Waals surface area contributed by atoms with Crippen molar-refractivity contribution in [3.8, 4) is 0 Å². The maximum atomic E-state index is 13.5. The minimum absolute atomic E-state index is 0.0387. The lowest BCUT2D eigenvalue weighted by Gasteiger charge is -2.46. The number of benzene rings is 1. The van der Waals surface area contributed by atoms with E-state index in [9.17, 15) is 14.4 Å². The predicted molar refractivity (Wildman–Crippen MR) is 119 cm³/mol. The van der Waals surface area contributed by atoms with Gasteiger partial charge in [-0.1, -0.05) is 18.2 Å². The van der Waals surface area contributed by atoms with Gasteiger partial charge < -0.3 is 24.9 Å². The van der Waals surface area contributed by atoms with E-state index < -0.39 is 5.41 Å². The summed E-state index contributed by atoms with van der Waals surface area (Å²) in [5.41, 5.74) is -0.0303. The molecule has 0 saturated carbocycles. The van der Waals surface area contributed by atoms with Gasteiger partial charge in [0.1, 0.15) is 0 Å². The van der Waals surface area contributed by atoms with E-state index in [-0.39, 0.29) is 23.4 Å². The summed E-state index contributed by atoms with van der Waals surface area (Å²) in [7, 11) is 3.51. The molecule has 2 spiro atoms. The van der Waals surface area contributed by atoms with Crippen LogP contribution in [-0.4, -0.2) is 90.9 Å². The number of fused-ring (bicyclic) bond motifs is 1. The van der Waals surface area contributed by atoms with Gasteiger partial charge >= 0.3 is 12.1 Å². The van der Waals surface area contributed by atoms with Crippen LogP contribution >= 0.6 is 0 Å². The van der Waals surface area contributed by atoms with Crippen molar-refractivity contribution in [2.45, 2.75) is 26.2 Å². The fraction of sp³-hybridized carbons (Fsp3) is 0.609. The molecule has 1 aromatic rings. The van der Waals surface area contributed by atoms with Crippen LogP contribution in [0, 0.1) is 10.8 Å². The van der Waals surface area contributed by atoms with Gasteiger partial charge in [0, 0.05) is 64.5 Å². The van der Waals surface area contributed by atoms with Gasteiger partial charge in [-0.05, 0) is 38.3 Å². The Morgan fingerprint density at radius 1 is 1.00 bits per heavy atom. The molecule has 31 heavy (non-hydrogen) atoms. The van der Waals surface area contributed by atoms with Crippen LogP contribution in [0.4, 0.5) is 15.3 Å². The molecular formula is C23H33N5O3. The molecule has 3 aliphatic rings. The second kappa shape index (κ2) is 8.05. The molecule has 8 nitrogen and oxygen atoms in total. The maximum Gasteiger partial charge on any atom is 0.321 e. The Balaban J connectivity index is 1.53. The lowest BCUT2D eigenvalue weighted by Crippen LogP contribution is -2.54. The quantitative estimate of drug-likeness (QED) is 0.788. The molecule has 1 N–H and O–H groups in total. The van der Waals surface area contributed by atoms with Crippen LogP contribution in [0.15, 0.2) is 30.3 Å². The number of rotatable bonds is 2. The lowest BCUT2D eigenvalue weighted by molar-refractivity contribution is -0.141. The molecule has 8 heteroatoms. The van der Waals surface area contributed by atoms with Gasteiger partial charge in [0.05, 0.1) is 5.41 Å². The molecule has 3 aliphatic heterocycles. The third kappa shape index (κ3) is 3.51. The van der Waals surface area contributed by atoms with E-state index in [1.165, 1.54) is 0 Å². The zero-order valence-electron chi connectivity index (χ0n) is 18.8. The first kappa shape index (κ1) is 21.5. The number of hydrogen-bond donors (Lipinski definition) is 1. The number of likely N-dealkylation sites (tertiary alicyclic amines) is 3. The van der Waals surface area contributed by atoms with Crippen molar-refractivity contribution < 1.29 is 14.4 Å². The van der Waals surface area contributed by atoms with Gasteiger partial charge in [-0.25, -0.2) is 9.59 Å². The second-order valence-electron chi connectivity index (χ2n) is 9.31. The highest BCUT2D eigenvalue weighted by Gasteiger charge is 2.66. The Bertz CT molecular complexity index is 850. The van der Waals surface area contributed by atoms with Crippen molar-refractivity contribution in [3.63, 3.8) is 0 Å². The van der Waals surface area contributed by atoms with Crippen molar-refractivity contribution >= 4 is 23.7 Å². The Kier molecular flexibility index (Phi) is 5.58. The summed E-state index contributed by atoms with van der Waals surface area (Å²) in [4.78, 5) is 46.3. The number of carbonyl (C=O) groups is 3. The van der Waals surface area contributed by atoms with Crippen molar-refractivity contribution in [1.82, 2.24) is 19.6 Å². The fourth-order valence-electron chi connectivity index (χ4n) is 5.76. The summed E-state index contributed by atoms with van der Waals surface area (Å²) in [6.45, 7) is 5.70. The zero-order valence-corrected chi connectivity index (χ0v) is 18.8. The summed E-state index contributed by atoms with van der Waals surface area (Å²) in [5, 5.41) is 2.96. The summed E-state index contributed by atoms with van der Waals surface area (Å²) in [6, 6.07) is 9.30. The van der Waals surface area contributed by atoms with E-state index in [0.717, 1.165) is 31.5 Å². The van der Waals surface area contributed by atoms with Gasteiger partial charge in [-0.3, -0.25) is 4.79 Å². The van der Waals surface area contributed by atoms with Crippen molar-refractivity contribution in [1.29, 1.82) is 0 Å². The van der Waals surface area contributed by atoms with E-state index in [1.807, 2.05) is 52.0 Å². The highest BCUT2D eigenvalue weighted by Crippen LogP contribution is 2.58. The van der Waals surface area contributed by atoms with Crippen LogP contribution in [0.2, 0.25) is 0 Å². The van der Waals surface area contributed by atoms with Crippen LogP contribution < -0.4 is 5.32 Å². The molecule has 5 amide bonds. The fourth-order valence-corrected chi connectivity index (χ4v) is 5.76. The highest BCUT2D eigenvalue weighted by molar-refractivity contribution is 5.90. The van der Waals surface area contributed by atoms with Crippen LogP contribution in [-0.2, 0) is 4.79 Å². The molecule has 3 heterocycles. The van der Waals surface area contributed by atoms with Crippen molar-refractivity contribution in [2.24, 2.45) is 10.8 Å². The lowest BCUT2D eigenvalue weighted by atomic mass is 9.60. The van der Waals surface area contributed by atoms with E-state index in [1.54, 1.807) is 19.0 Å². The first-order chi connectivity index (χ1) is 14.8. The van der Waals surface area contributed by atoms with Crippen molar-refractivity contribution in [2.75, 3.05) is 58.7 Å². The zero-order chi connectivity index (χ0) is 22.2. The predicted octanol–water partition coefficient (Wildman–Crippen LogP) is 2.54. The van der Waals surface area contributed by atoms with E-state index in [2.05, 4.69) is 5.32 Å². The normalized spacial score (nSPS) is 24.9. The van der Waals surface area contributed by atoms with Gasteiger partial charge in [0.25, 0.3) is 0 Å². The molecule has 0 unspecified atom stereocenters. The number of nitrogens with zero attached hydrogens (tertiary/aromatic N) is 4. The Morgan fingerprint density at radius 3 is 2.26 bits per heavy atom. The smallest absolute Gasteiger partial charge is 0.321 e. The molecular weight excluding hydrogens is 394 g/mol. The second-order valence-corrected chi connectivity index (χ2v) is 9.31. The first-order valence-corrected chi connectivity index (χ1v) is 11.2. The number of carbonyl (C=O) groups excluding carboxylic acids is 3. The SMILES string of the molecule is CCN1CC[C@@]2(CN(C(=O)N(C)C)CC23CCN(C(=O)Nc2ccccc2)CC3)C1=O. The average Bonchev–Trinajstić information content (AvgIpc) is 3.26. The van der Waals surface area contributed by atoms with E-state index >= 15 is 0 Å². The summed E-state index contributed by atoms with van der Waals surface area (Å²) < 4.78 is 0. The third-order valence-electron chi connectivity index (χ3n) is 7.54. The molecule has 3 fully saturated rings. The standard InChI is InChI=1S/C23H33N5O3/c1-4-26-15-12-23(19(26)29)17-28(21(31)25(2)3)16-22(23)10-13-27(14-11-22)20(30)24-18-8-6-5-7-9-18/h5-9H,4,10-17H2,1-3H3,(H,24,30)/t23-/m1/s1. The van der Waals surface area contributed by atoms with Crippen molar-refractivity contribution in [3.05, 3.63) is 30.3 Å². The first-order valence-electron chi connectivity index (χ1n) is 11.2. The number of amides is 5. The van der Waals surface area contributed by atoms with E-state index in [0.29, 0.717) is 32.7 Å². The molecule has 0 aromatic heterocycles. The number of hydrogen-bond acceptors (Lipinski definition) is 3. The van der Waals surface area contributed by atoms with Crippen LogP contribution in [0.5, 0.6) is 0 Å². The maximum absolute atomic E-state index is 13.5. The minimum atomic E-state index is -0.531. The summed E-state index contributed by atoms with van der Waals surface area (Å²) in [6.07, 6.45) is 2.25. The van der Waals surface area contributed by atoms with Gasteiger partial charge in [0.2, 0.25) is 5.91 Å². The molecule has 0 radical (unpaired) electrons. The molecule has 168 valence electrons. The molecule has 0 aliphatic carbocycles. The molecule has 1 atom stereocenters. The van der Waals surface area contributed by atoms with Gasteiger partial charge in [-0.15, -0.1) is 0 Å². The number of para-hydroxylation sites is 1. The monoisotopic (exact) mass is 427 g/mol. The highest BCUT2D eigenvalue weighted by atomic mass is 16.2. The summed E-state index contributed by atoms with van der Waals surface area (Å²) in [5.74, 6) is 0.186.